The Labute approximate surface area is 108 Å². The minimum atomic E-state index is 0.355. The third kappa shape index (κ3) is 2.80. The van der Waals surface area contributed by atoms with Crippen LogP contribution in [-0.4, -0.2) is 25.2 Å². The molecule has 0 amide bonds. The quantitative estimate of drug-likeness (QED) is 0.836. The summed E-state index contributed by atoms with van der Waals surface area (Å²) in [6.07, 6.45) is 5.28. The van der Waals surface area contributed by atoms with E-state index in [1.165, 1.54) is 12.8 Å². The van der Waals surface area contributed by atoms with Crippen molar-refractivity contribution in [2.24, 2.45) is 5.41 Å². The largest absolute Gasteiger partial charge is 0.385 e. The van der Waals surface area contributed by atoms with Crippen molar-refractivity contribution >= 4 is 5.82 Å². The predicted molar refractivity (Wildman–Crippen MR) is 70.3 cm³/mol. The van der Waals surface area contributed by atoms with Crippen LogP contribution < -0.4 is 5.32 Å². The van der Waals surface area contributed by atoms with E-state index in [-0.39, 0.29) is 0 Å². The Bertz CT molecular complexity index is 461. The van der Waals surface area contributed by atoms with Crippen LogP contribution in [0, 0.1) is 23.7 Å². The van der Waals surface area contributed by atoms with Crippen LogP contribution >= 0.6 is 0 Å². The lowest BCUT2D eigenvalue weighted by molar-refractivity contribution is 0.175. The molecule has 0 radical (unpaired) electrons. The lowest BCUT2D eigenvalue weighted by Crippen LogP contribution is -2.18. The molecule has 0 spiro atoms. The molecule has 1 aromatic rings. The van der Waals surface area contributed by atoms with Crippen molar-refractivity contribution in [1.29, 1.82) is 5.26 Å². The van der Waals surface area contributed by atoms with Crippen LogP contribution in [0.4, 0.5) is 5.82 Å². The van der Waals surface area contributed by atoms with Gasteiger partial charge < -0.3 is 10.1 Å². The molecule has 1 fully saturated rings. The van der Waals surface area contributed by atoms with E-state index in [1.54, 1.807) is 13.3 Å². The highest BCUT2D eigenvalue weighted by Crippen LogP contribution is 2.48. The standard InChI is InChI=1S/C14H19N3O/c1-11-3-7-16-13(12(11)9-15)17-10-14(4-5-14)6-8-18-2/h3,7H,4-6,8,10H2,1-2H3,(H,16,17). The van der Waals surface area contributed by atoms with Crippen molar-refractivity contribution in [1.82, 2.24) is 4.98 Å². The zero-order valence-corrected chi connectivity index (χ0v) is 11.0. The highest BCUT2D eigenvalue weighted by Gasteiger charge is 2.41. The number of rotatable bonds is 6. The van der Waals surface area contributed by atoms with Crippen molar-refractivity contribution < 1.29 is 4.74 Å². The van der Waals surface area contributed by atoms with Gasteiger partial charge in [-0.25, -0.2) is 4.98 Å². The molecular formula is C14H19N3O. The molecule has 4 nitrogen and oxygen atoms in total. The molecule has 96 valence electrons. The molecule has 1 aliphatic carbocycles. The van der Waals surface area contributed by atoms with Gasteiger partial charge in [0.1, 0.15) is 11.9 Å². The Hall–Kier alpha value is -1.60. The molecule has 2 rings (SSSR count). The normalized spacial score (nSPS) is 16.1. The van der Waals surface area contributed by atoms with Crippen molar-refractivity contribution in [3.05, 3.63) is 23.4 Å². The Balaban J connectivity index is 1.99. The van der Waals surface area contributed by atoms with Gasteiger partial charge in [-0.05, 0) is 43.2 Å². The minimum Gasteiger partial charge on any atom is -0.385 e. The van der Waals surface area contributed by atoms with Crippen LogP contribution in [-0.2, 0) is 4.74 Å². The number of ether oxygens (including phenoxy) is 1. The van der Waals surface area contributed by atoms with E-state index >= 15 is 0 Å². The molecule has 0 atom stereocenters. The van der Waals surface area contributed by atoms with Gasteiger partial charge in [-0.3, -0.25) is 0 Å². The number of hydrogen-bond acceptors (Lipinski definition) is 4. The third-order valence-electron chi connectivity index (χ3n) is 3.70. The summed E-state index contributed by atoms with van der Waals surface area (Å²) in [4.78, 5) is 4.26. The first-order chi connectivity index (χ1) is 8.71. The Kier molecular flexibility index (Phi) is 3.83. The molecular weight excluding hydrogens is 226 g/mol. The summed E-state index contributed by atoms with van der Waals surface area (Å²) in [6.45, 7) is 3.61. The fourth-order valence-electron chi connectivity index (χ4n) is 2.12. The highest BCUT2D eigenvalue weighted by atomic mass is 16.5. The summed E-state index contributed by atoms with van der Waals surface area (Å²) in [5.41, 5.74) is 1.98. The zero-order chi connectivity index (χ0) is 13.0. The molecule has 0 aromatic carbocycles. The van der Waals surface area contributed by atoms with Gasteiger partial charge in [0.2, 0.25) is 0 Å². The van der Waals surface area contributed by atoms with Gasteiger partial charge in [0.25, 0.3) is 0 Å². The maximum absolute atomic E-state index is 9.14. The molecule has 4 heteroatoms. The second-order valence-corrected chi connectivity index (χ2v) is 5.06. The molecule has 1 aliphatic rings. The molecule has 1 N–H and O–H groups in total. The van der Waals surface area contributed by atoms with Gasteiger partial charge >= 0.3 is 0 Å². The van der Waals surface area contributed by atoms with Gasteiger partial charge in [0.05, 0.1) is 5.56 Å². The van der Waals surface area contributed by atoms with E-state index in [2.05, 4.69) is 16.4 Å². The van der Waals surface area contributed by atoms with Crippen molar-refractivity contribution in [2.45, 2.75) is 26.2 Å². The molecule has 1 saturated carbocycles. The first kappa shape index (κ1) is 12.8. The number of pyridine rings is 1. The topological polar surface area (TPSA) is 57.9 Å². The molecule has 0 aliphatic heterocycles. The van der Waals surface area contributed by atoms with Gasteiger partial charge in [-0.1, -0.05) is 0 Å². The summed E-state index contributed by atoms with van der Waals surface area (Å²) in [6, 6.07) is 4.08. The van der Waals surface area contributed by atoms with E-state index in [9.17, 15) is 0 Å². The number of anilines is 1. The van der Waals surface area contributed by atoms with Crippen LogP contribution in [0.1, 0.15) is 30.4 Å². The second-order valence-electron chi connectivity index (χ2n) is 5.06. The molecule has 0 bridgehead atoms. The maximum atomic E-state index is 9.14. The Morgan fingerprint density at radius 2 is 2.33 bits per heavy atom. The minimum absolute atomic E-state index is 0.355. The van der Waals surface area contributed by atoms with E-state index in [1.807, 2.05) is 13.0 Å². The van der Waals surface area contributed by atoms with Crippen LogP contribution in [0.25, 0.3) is 0 Å². The highest BCUT2D eigenvalue weighted by molar-refractivity contribution is 5.55. The van der Waals surface area contributed by atoms with Gasteiger partial charge in [0, 0.05) is 26.5 Å². The SMILES string of the molecule is COCCC1(CNc2nccc(C)c2C#N)CC1. The summed E-state index contributed by atoms with van der Waals surface area (Å²) < 4.78 is 5.14. The third-order valence-corrected chi connectivity index (χ3v) is 3.70. The van der Waals surface area contributed by atoms with E-state index in [0.717, 1.165) is 25.1 Å². The smallest absolute Gasteiger partial charge is 0.144 e. The second kappa shape index (κ2) is 5.36. The van der Waals surface area contributed by atoms with Crippen LogP contribution in [0.5, 0.6) is 0 Å². The zero-order valence-electron chi connectivity index (χ0n) is 11.0. The average molecular weight is 245 g/mol. The maximum Gasteiger partial charge on any atom is 0.144 e. The first-order valence-electron chi connectivity index (χ1n) is 6.29. The summed E-state index contributed by atoms with van der Waals surface area (Å²) >= 11 is 0. The van der Waals surface area contributed by atoms with Crippen LogP contribution in [0.2, 0.25) is 0 Å². The van der Waals surface area contributed by atoms with Gasteiger partial charge in [0.15, 0.2) is 0 Å². The van der Waals surface area contributed by atoms with Gasteiger partial charge in [-0.2, -0.15) is 5.26 Å². The monoisotopic (exact) mass is 245 g/mol. The van der Waals surface area contributed by atoms with Crippen molar-refractivity contribution in [3.8, 4) is 6.07 Å². The Morgan fingerprint density at radius 1 is 1.56 bits per heavy atom. The molecule has 0 unspecified atom stereocenters. The van der Waals surface area contributed by atoms with E-state index in [0.29, 0.717) is 16.8 Å². The number of methoxy groups -OCH3 is 1. The molecule has 18 heavy (non-hydrogen) atoms. The number of nitrogens with zero attached hydrogens (tertiary/aromatic N) is 2. The molecule has 1 aromatic heterocycles. The number of nitriles is 1. The van der Waals surface area contributed by atoms with Gasteiger partial charge in [-0.15, -0.1) is 0 Å². The lowest BCUT2D eigenvalue weighted by Gasteiger charge is -2.16. The van der Waals surface area contributed by atoms with Crippen LogP contribution in [0.3, 0.4) is 0 Å². The summed E-state index contributed by atoms with van der Waals surface area (Å²) in [5, 5.41) is 12.5. The van der Waals surface area contributed by atoms with E-state index in [4.69, 9.17) is 10.00 Å². The summed E-state index contributed by atoms with van der Waals surface area (Å²) in [7, 11) is 1.74. The fraction of sp³-hybridized carbons (Fsp3) is 0.571. The average Bonchev–Trinajstić information content (AvgIpc) is 3.15. The van der Waals surface area contributed by atoms with Crippen molar-refractivity contribution in [3.63, 3.8) is 0 Å². The van der Waals surface area contributed by atoms with E-state index < -0.39 is 0 Å². The number of aromatic nitrogens is 1. The molecule has 1 heterocycles. The van der Waals surface area contributed by atoms with Crippen LogP contribution in [0.15, 0.2) is 12.3 Å². The lowest BCUT2D eigenvalue weighted by atomic mass is 10.0. The number of aryl methyl sites for hydroxylation is 1. The first-order valence-corrected chi connectivity index (χ1v) is 6.29. The molecule has 0 saturated heterocycles. The summed E-state index contributed by atoms with van der Waals surface area (Å²) in [5.74, 6) is 0.709. The fourth-order valence-corrected chi connectivity index (χ4v) is 2.12. The van der Waals surface area contributed by atoms with Crippen molar-refractivity contribution in [2.75, 3.05) is 25.6 Å². The number of nitrogens with one attached hydrogen (secondary N) is 1. The predicted octanol–water partition coefficient (Wildman–Crippen LogP) is 2.49. The number of hydrogen-bond donors (Lipinski definition) is 1. The Morgan fingerprint density at radius 3 is 2.94 bits per heavy atom.